The van der Waals surface area contributed by atoms with Crippen molar-refractivity contribution in [3.63, 3.8) is 0 Å². The number of carbonyl (C=O) groups excluding carboxylic acids is 1. The number of aromatic amines is 1. The number of nitrogens with zero attached hydrogens (tertiary/aromatic N) is 5. The first kappa shape index (κ1) is 48.1. The zero-order valence-corrected chi connectivity index (χ0v) is 37.4. The normalized spacial score (nSPS) is 29.8. The molecule has 3 fully saturated rings. The van der Waals surface area contributed by atoms with E-state index in [2.05, 4.69) is 21.9 Å². The lowest BCUT2D eigenvalue weighted by molar-refractivity contribution is -0.236. The van der Waals surface area contributed by atoms with Gasteiger partial charge in [0.15, 0.2) is 36.3 Å². The summed E-state index contributed by atoms with van der Waals surface area (Å²) in [6.07, 6.45) is -0.434. The van der Waals surface area contributed by atoms with Crippen LogP contribution < -0.4 is 26.6 Å². The van der Waals surface area contributed by atoms with Crippen LogP contribution in [-0.2, 0) is 47.2 Å². The Labute approximate surface area is 369 Å². The molecule has 4 aromatic rings. The molecule has 3 aliphatic rings. The minimum Gasteiger partial charge on any atom is -0.756 e. The minimum absolute atomic E-state index is 0.0269. The lowest BCUT2D eigenvalue weighted by Crippen LogP contribution is -2.36. The first-order valence-electron chi connectivity index (χ1n) is 21.1. The average Bonchev–Trinajstić information content (AvgIpc) is 3.92. The summed E-state index contributed by atoms with van der Waals surface area (Å²) in [7, 11) is -5.52. The summed E-state index contributed by atoms with van der Waals surface area (Å²) >= 11 is 0.587. The SMILES string of the molecule is CCCCCCCCCCCCC(=O)Oc1ccc(CSP2(=O)OC[C@H]3O[C@@H](n4cnc5c(N)ncnc54)[C@H](OP(=O)([O-])OC[C@H]4O[C@@H](n5ccc(=O)[nH]c5=O)[C@H](F)[C@@H]4O2)[C@@H]3F)cc1. The fraction of sp³-hybridized carbons (Fsp3) is 0.590. The monoisotopic (exact) mass is 956 g/mol. The van der Waals surface area contributed by atoms with Crippen molar-refractivity contribution in [3.05, 3.63) is 75.6 Å². The van der Waals surface area contributed by atoms with Crippen molar-refractivity contribution >= 4 is 49.0 Å². The molecule has 20 nitrogen and oxygen atoms in total. The van der Waals surface area contributed by atoms with Crippen LogP contribution in [0.1, 0.15) is 95.6 Å². The fourth-order valence-electron chi connectivity index (χ4n) is 7.53. The highest BCUT2D eigenvalue weighted by Gasteiger charge is 2.54. The molecule has 3 aromatic heterocycles. The Morgan fingerprint density at radius 1 is 0.875 bits per heavy atom. The Hall–Kier alpha value is -3.89. The summed E-state index contributed by atoms with van der Waals surface area (Å²) in [4.78, 5) is 64.4. The molecule has 3 aliphatic heterocycles. The largest absolute Gasteiger partial charge is 0.756 e. The van der Waals surface area contributed by atoms with Gasteiger partial charge in [0.1, 0.15) is 42.0 Å². The van der Waals surface area contributed by atoms with Crippen molar-refractivity contribution in [2.45, 2.75) is 133 Å². The van der Waals surface area contributed by atoms with Crippen molar-refractivity contribution in [1.82, 2.24) is 29.1 Å². The number of esters is 1. The van der Waals surface area contributed by atoms with Gasteiger partial charge in [-0.3, -0.25) is 37.3 Å². The molecule has 0 aliphatic carbocycles. The number of nitrogen functional groups attached to an aromatic ring is 1. The second kappa shape index (κ2) is 21.6. The lowest BCUT2D eigenvalue weighted by Gasteiger charge is -2.31. The van der Waals surface area contributed by atoms with Crippen LogP contribution >= 0.6 is 26.0 Å². The highest BCUT2D eigenvalue weighted by Crippen LogP contribution is 2.64. The van der Waals surface area contributed by atoms with Crippen LogP contribution in [0.5, 0.6) is 5.75 Å². The number of anilines is 1. The molecule has 25 heteroatoms. The van der Waals surface area contributed by atoms with E-state index in [1.807, 2.05) is 4.98 Å². The molecule has 3 saturated heterocycles. The molecule has 2 unspecified atom stereocenters. The number of halogens is 2. The maximum absolute atomic E-state index is 16.4. The number of nitrogens with two attached hydrogens (primary N) is 1. The quantitative estimate of drug-likeness (QED) is 0.0534. The van der Waals surface area contributed by atoms with Crippen LogP contribution in [0.25, 0.3) is 11.2 Å². The number of imidazole rings is 1. The van der Waals surface area contributed by atoms with Gasteiger partial charge in [-0.1, -0.05) is 76.8 Å². The Morgan fingerprint density at radius 2 is 1.56 bits per heavy atom. The molecule has 0 amide bonds. The summed E-state index contributed by atoms with van der Waals surface area (Å²) in [5, 5.41) is 0. The van der Waals surface area contributed by atoms with Gasteiger partial charge in [0.25, 0.3) is 13.4 Å². The number of aromatic nitrogens is 6. The minimum atomic E-state index is -5.52. The molecule has 7 rings (SSSR count). The van der Waals surface area contributed by atoms with E-state index in [1.165, 1.54) is 49.4 Å². The molecule has 2 bridgehead atoms. The van der Waals surface area contributed by atoms with Gasteiger partial charge >= 0.3 is 18.5 Å². The van der Waals surface area contributed by atoms with Crippen molar-refractivity contribution < 1.29 is 59.9 Å². The van der Waals surface area contributed by atoms with Crippen molar-refractivity contribution in [3.8, 4) is 5.75 Å². The molecule has 350 valence electrons. The van der Waals surface area contributed by atoms with Gasteiger partial charge in [0, 0.05) is 24.4 Å². The molecule has 0 saturated carbocycles. The first-order valence-corrected chi connectivity index (χ1v) is 25.7. The zero-order valence-electron chi connectivity index (χ0n) is 34.8. The molecule has 3 N–H and O–H groups in total. The molecular formula is C39H50F2N7O13P2S-. The molecule has 64 heavy (non-hydrogen) atoms. The van der Waals surface area contributed by atoms with Gasteiger partial charge in [0.05, 0.1) is 19.5 Å². The summed E-state index contributed by atoms with van der Waals surface area (Å²) in [6.45, 7) is -4.31. The summed E-state index contributed by atoms with van der Waals surface area (Å²) < 4.78 is 102. The first-order chi connectivity index (χ1) is 30.7. The van der Waals surface area contributed by atoms with Gasteiger partial charge in [-0.05, 0) is 35.5 Å². The third-order valence-corrected chi connectivity index (χ3v) is 15.5. The van der Waals surface area contributed by atoms with E-state index in [0.717, 1.165) is 37.9 Å². The number of hydrogen-bond donors (Lipinski definition) is 2. The highest BCUT2D eigenvalue weighted by atomic mass is 32.7. The lowest BCUT2D eigenvalue weighted by atomic mass is 10.1. The number of nitrogens with one attached hydrogen (secondary N) is 1. The van der Waals surface area contributed by atoms with Gasteiger partial charge in [0.2, 0.25) is 0 Å². The number of phosphoric ester groups is 1. The van der Waals surface area contributed by atoms with Gasteiger partial charge in [-0.2, -0.15) is 0 Å². The van der Waals surface area contributed by atoms with Crippen molar-refractivity contribution in [2.24, 2.45) is 0 Å². The third-order valence-electron chi connectivity index (χ3n) is 10.9. The van der Waals surface area contributed by atoms with E-state index < -0.39 is 88.3 Å². The van der Waals surface area contributed by atoms with E-state index >= 15 is 8.78 Å². The maximum atomic E-state index is 16.4. The summed E-state index contributed by atoms with van der Waals surface area (Å²) in [5.74, 6) is -0.216. The van der Waals surface area contributed by atoms with Crippen LogP contribution in [0, 0.1) is 0 Å². The predicted molar refractivity (Wildman–Crippen MR) is 225 cm³/mol. The average molecular weight is 957 g/mol. The topological polar surface area (TPSA) is 263 Å². The standard InChI is InChI=1S/C39H51F2N7O13P2S/c1-2-3-4-5-6-7-8-9-10-11-12-29(50)57-25-15-13-24(14-16-25)21-64-63(54)56-19-26-30(40)34(38(58-26)48-23-45-32-35(42)43-22-44-36(32)48)60-62(52,53)55-20-27-33(61-63)31(41)37(59-27)47-18-17-28(49)46-39(47)51/h13-18,22-23,26-27,30-31,33-34,37-38H,2-12,19-21H2,1H3,(H,52,53)(H2,42,43,44)(H,46,49,51)/p-1/t26-,27-,30-,31-,33-,34-,37-,38-,63?/m1/s1. The van der Waals surface area contributed by atoms with Crippen LogP contribution in [0.3, 0.4) is 0 Å². The number of alkyl halides is 2. The van der Waals surface area contributed by atoms with Crippen LogP contribution in [-0.4, -0.2) is 85.0 Å². The summed E-state index contributed by atoms with van der Waals surface area (Å²) in [6, 6.07) is 7.25. The smallest absolute Gasteiger partial charge is 0.389 e. The maximum Gasteiger partial charge on any atom is 0.389 e. The predicted octanol–water partition coefficient (Wildman–Crippen LogP) is 5.97. The Bertz CT molecular complexity index is 2430. The van der Waals surface area contributed by atoms with Crippen LogP contribution in [0.15, 0.2) is 58.8 Å². The van der Waals surface area contributed by atoms with E-state index in [4.69, 9.17) is 38.0 Å². The molecule has 10 atom stereocenters. The molecule has 6 heterocycles. The van der Waals surface area contributed by atoms with Gasteiger partial charge in [-0.15, -0.1) is 0 Å². The molecular weight excluding hydrogens is 906 g/mol. The number of ether oxygens (including phenoxy) is 3. The number of fused-ring (bicyclic) bond motifs is 4. The van der Waals surface area contributed by atoms with Crippen molar-refractivity contribution in [2.75, 3.05) is 18.9 Å². The van der Waals surface area contributed by atoms with E-state index in [-0.39, 0.29) is 40.9 Å². The number of phosphoric acid groups is 1. The number of benzene rings is 1. The second-order valence-corrected chi connectivity index (χ2v) is 21.0. The van der Waals surface area contributed by atoms with Crippen molar-refractivity contribution in [1.29, 1.82) is 0 Å². The number of unbranched alkanes of at least 4 members (excludes halogenated alkanes) is 9. The number of carbonyl (C=O) groups is 1. The number of rotatable bonds is 17. The van der Waals surface area contributed by atoms with E-state index in [1.54, 1.807) is 24.3 Å². The van der Waals surface area contributed by atoms with E-state index in [9.17, 15) is 28.4 Å². The Morgan fingerprint density at radius 3 is 2.28 bits per heavy atom. The molecule has 1 aromatic carbocycles. The molecule has 0 radical (unpaired) electrons. The zero-order chi connectivity index (χ0) is 45.4. The Balaban J connectivity index is 1.06. The fourth-order valence-corrected chi connectivity index (χ4v) is 11.8. The number of hydrogen-bond acceptors (Lipinski definition) is 18. The van der Waals surface area contributed by atoms with E-state index in [0.29, 0.717) is 27.9 Å². The highest BCUT2D eigenvalue weighted by molar-refractivity contribution is 8.54. The third kappa shape index (κ3) is 11.9. The van der Waals surface area contributed by atoms with Crippen LogP contribution in [0.2, 0.25) is 0 Å². The number of H-pyrrole nitrogens is 1. The molecule has 0 spiro atoms. The second-order valence-electron chi connectivity index (χ2n) is 15.6. The summed E-state index contributed by atoms with van der Waals surface area (Å²) in [5.41, 5.74) is 4.75. The Kier molecular flexibility index (Phi) is 16.2. The van der Waals surface area contributed by atoms with Crippen LogP contribution in [0.4, 0.5) is 14.6 Å². The van der Waals surface area contributed by atoms with Gasteiger partial charge < -0.3 is 33.9 Å². The van der Waals surface area contributed by atoms with Gasteiger partial charge in [-0.25, -0.2) is 33.1 Å².